The van der Waals surface area contributed by atoms with E-state index in [1.807, 2.05) is 6.07 Å². The summed E-state index contributed by atoms with van der Waals surface area (Å²) in [5.41, 5.74) is 1.79. The van der Waals surface area contributed by atoms with Crippen molar-refractivity contribution in [3.8, 4) is 0 Å². The Morgan fingerprint density at radius 2 is 2.33 bits per heavy atom. The molecule has 0 saturated heterocycles. The van der Waals surface area contributed by atoms with Gasteiger partial charge in [0, 0.05) is 17.2 Å². The smallest absolute Gasteiger partial charge is 0.177 e. The van der Waals surface area contributed by atoms with Crippen LogP contribution in [0.4, 0.5) is 0 Å². The second kappa shape index (κ2) is 4.97. The molecule has 1 N–H and O–H groups in total. The molecule has 0 spiro atoms. The Balaban J connectivity index is 1.69. The first-order chi connectivity index (χ1) is 8.70. The lowest BCUT2D eigenvalue weighted by Gasteiger charge is -2.29. The maximum Gasteiger partial charge on any atom is 0.177 e. The molecule has 2 heterocycles. The average Bonchev–Trinajstić information content (AvgIpc) is 2.65. The van der Waals surface area contributed by atoms with Crippen molar-refractivity contribution in [1.82, 2.24) is 19.9 Å². The number of aromatic amines is 1. The largest absolute Gasteiger partial charge is 0.339 e. The van der Waals surface area contributed by atoms with E-state index in [1.54, 1.807) is 6.20 Å². The fourth-order valence-corrected chi connectivity index (χ4v) is 2.77. The zero-order chi connectivity index (χ0) is 12.5. The van der Waals surface area contributed by atoms with Gasteiger partial charge in [0.25, 0.3) is 0 Å². The number of imidazole rings is 1. The number of H-pyrrole nitrogens is 1. The molecule has 2 aromatic rings. The fraction of sp³-hybridized carbons (Fsp3) is 0.538. The second-order valence-corrected chi connectivity index (χ2v) is 6.12. The Morgan fingerprint density at radius 1 is 1.50 bits per heavy atom. The van der Waals surface area contributed by atoms with Crippen LogP contribution in [0.5, 0.6) is 0 Å². The summed E-state index contributed by atoms with van der Waals surface area (Å²) in [5, 5.41) is 0. The van der Waals surface area contributed by atoms with Crippen LogP contribution in [0.2, 0.25) is 0 Å². The molecular formula is C13H17BrN4. The number of aromatic nitrogens is 3. The van der Waals surface area contributed by atoms with Gasteiger partial charge in [0.05, 0.1) is 12.1 Å². The van der Waals surface area contributed by atoms with E-state index in [4.69, 9.17) is 0 Å². The van der Waals surface area contributed by atoms with E-state index in [0.717, 1.165) is 33.9 Å². The molecule has 0 amide bonds. The van der Waals surface area contributed by atoms with Crippen LogP contribution in [0.25, 0.3) is 11.2 Å². The third kappa shape index (κ3) is 2.57. The summed E-state index contributed by atoms with van der Waals surface area (Å²) in [5.74, 6) is 1.89. The first-order valence-electron chi connectivity index (χ1n) is 6.39. The Bertz CT molecular complexity index is 547. The Labute approximate surface area is 115 Å². The Morgan fingerprint density at radius 3 is 3.06 bits per heavy atom. The maximum atomic E-state index is 4.52. The summed E-state index contributed by atoms with van der Waals surface area (Å²) in [6.45, 7) is 2.04. The van der Waals surface area contributed by atoms with Crippen LogP contribution in [-0.4, -0.2) is 33.4 Å². The summed E-state index contributed by atoms with van der Waals surface area (Å²) in [6, 6.07) is 2.02. The molecule has 0 atom stereocenters. The number of nitrogens with one attached hydrogen (secondary N) is 1. The van der Waals surface area contributed by atoms with Crippen molar-refractivity contribution in [2.75, 3.05) is 13.6 Å². The highest BCUT2D eigenvalue weighted by Gasteiger charge is 2.19. The molecule has 1 aliphatic carbocycles. The molecule has 1 fully saturated rings. The van der Waals surface area contributed by atoms with Crippen molar-refractivity contribution in [3.05, 3.63) is 22.6 Å². The highest BCUT2D eigenvalue weighted by Crippen LogP contribution is 2.27. The molecule has 0 aromatic carbocycles. The standard InChI is InChI=1S/C13H17BrN4/c1-18(7-9-3-2-4-9)8-12-16-11-5-10(14)6-15-13(11)17-12/h5-6,9H,2-4,7-8H2,1H3,(H,15,16,17). The molecule has 3 rings (SSSR count). The fourth-order valence-electron chi connectivity index (χ4n) is 2.44. The van der Waals surface area contributed by atoms with E-state index in [1.165, 1.54) is 25.8 Å². The Kier molecular flexibility index (Phi) is 3.35. The normalized spacial score (nSPS) is 16.4. The second-order valence-electron chi connectivity index (χ2n) is 5.20. The highest BCUT2D eigenvalue weighted by atomic mass is 79.9. The number of hydrogen-bond donors (Lipinski definition) is 1. The lowest BCUT2D eigenvalue weighted by Crippen LogP contribution is -2.29. The first kappa shape index (κ1) is 12.1. The minimum atomic E-state index is 0.797. The molecule has 0 bridgehead atoms. The average molecular weight is 309 g/mol. The van der Waals surface area contributed by atoms with Crippen LogP contribution in [-0.2, 0) is 6.54 Å². The van der Waals surface area contributed by atoms with Gasteiger partial charge in [-0.2, -0.15) is 0 Å². The van der Waals surface area contributed by atoms with Crippen LogP contribution in [0.15, 0.2) is 16.7 Å². The number of hydrogen-bond acceptors (Lipinski definition) is 3. The van der Waals surface area contributed by atoms with Gasteiger partial charge < -0.3 is 4.98 Å². The van der Waals surface area contributed by atoms with Gasteiger partial charge in [0.15, 0.2) is 5.65 Å². The summed E-state index contributed by atoms with van der Waals surface area (Å²) < 4.78 is 0.980. The predicted molar refractivity (Wildman–Crippen MR) is 75.3 cm³/mol. The van der Waals surface area contributed by atoms with E-state index < -0.39 is 0 Å². The van der Waals surface area contributed by atoms with E-state index >= 15 is 0 Å². The predicted octanol–water partition coefficient (Wildman–Crippen LogP) is 2.95. The van der Waals surface area contributed by atoms with Crippen molar-refractivity contribution < 1.29 is 0 Å². The summed E-state index contributed by atoms with van der Waals surface area (Å²) in [4.78, 5) is 14.5. The maximum absolute atomic E-state index is 4.52. The molecule has 18 heavy (non-hydrogen) atoms. The zero-order valence-electron chi connectivity index (χ0n) is 10.5. The van der Waals surface area contributed by atoms with Crippen LogP contribution in [0.3, 0.4) is 0 Å². The third-order valence-corrected chi connectivity index (χ3v) is 4.00. The van der Waals surface area contributed by atoms with Crippen molar-refractivity contribution in [1.29, 1.82) is 0 Å². The van der Waals surface area contributed by atoms with Gasteiger partial charge in [-0.3, -0.25) is 4.90 Å². The molecule has 4 nitrogen and oxygen atoms in total. The van der Waals surface area contributed by atoms with E-state index in [2.05, 4.69) is 42.8 Å². The SMILES string of the molecule is CN(Cc1nc2ncc(Br)cc2[nH]1)CC1CCC1. The molecular weight excluding hydrogens is 292 g/mol. The zero-order valence-corrected chi connectivity index (χ0v) is 12.1. The van der Waals surface area contributed by atoms with Crippen molar-refractivity contribution in [2.45, 2.75) is 25.8 Å². The minimum absolute atomic E-state index is 0.797. The third-order valence-electron chi connectivity index (χ3n) is 3.57. The summed E-state index contributed by atoms with van der Waals surface area (Å²) in [7, 11) is 2.16. The van der Waals surface area contributed by atoms with Gasteiger partial charge >= 0.3 is 0 Å². The molecule has 5 heteroatoms. The molecule has 0 radical (unpaired) electrons. The van der Waals surface area contributed by atoms with Crippen LogP contribution in [0.1, 0.15) is 25.1 Å². The molecule has 2 aromatic heterocycles. The van der Waals surface area contributed by atoms with E-state index in [0.29, 0.717) is 0 Å². The Hall–Kier alpha value is -0.940. The van der Waals surface area contributed by atoms with Crippen molar-refractivity contribution in [2.24, 2.45) is 5.92 Å². The first-order valence-corrected chi connectivity index (χ1v) is 7.18. The summed E-state index contributed by atoms with van der Waals surface area (Å²) in [6.07, 6.45) is 5.96. The van der Waals surface area contributed by atoms with E-state index in [9.17, 15) is 0 Å². The number of pyridine rings is 1. The highest BCUT2D eigenvalue weighted by molar-refractivity contribution is 9.10. The van der Waals surface area contributed by atoms with Gasteiger partial charge in [-0.05, 0) is 47.8 Å². The number of rotatable bonds is 4. The van der Waals surface area contributed by atoms with Crippen molar-refractivity contribution in [3.63, 3.8) is 0 Å². The molecule has 96 valence electrons. The van der Waals surface area contributed by atoms with Crippen LogP contribution >= 0.6 is 15.9 Å². The van der Waals surface area contributed by atoms with Gasteiger partial charge in [-0.15, -0.1) is 0 Å². The monoisotopic (exact) mass is 308 g/mol. The summed E-state index contributed by atoms with van der Waals surface area (Å²) >= 11 is 3.42. The molecule has 1 aliphatic rings. The number of fused-ring (bicyclic) bond motifs is 1. The van der Waals surface area contributed by atoms with Gasteiger partial charge in [-0.1, -0.05) is 6.42 Å². The minimum Gasteiger partial charge on any atom is -0.339 e. The number of halogens is 1. The van der Waals surface area contributed by atoms with Crippen LogP contribution < -0.4 is 0 Å². The lowest BCUT2D eigenvalue weighted by molar-refractivity contribution is 0.198. The van der Waals surface area contributed by atoms with E-state index in [-0.39, 0.29) is 0 Å². The lowest BCUT2D eigenvalue weighted by atomic mass is 9.85. The molecule has 1 saturated carbocycles. The van der Waals surface area contributed by atoms with Crippen molar-refractivity contribution >= 4 is 27.1 Å². The van der Waals surface area contributed by atoms with Gasteiger partial charge in [0.2, 0.25) is 0 Å². The van der Waals surface area contributed by atoms with Gasteiger partial charge in [0.1, 0.15) is 5.82 Å². The quantitative estimate of drug-likeness (QED) is 0.944. The van der Waals surface area contributed by atoms with Crippen LogP contribution in [0, 0.1) is 5.92 Å². The molecule has 0 aliphatic heterocycles. The molecule has 0 unspecified atom stereocenters. The topological polar surface area (TPSA) is 44.8 Å². The number of nitrogens with zero attached hydrogens (tertiary/aromatic N) is 3. The van der Waals surface area contributed by atoms with Gasteiger partial charge in [-0.25, -0.2) is 9.97 Å².